The maximum atomic E-state index is 6.21. The molecule has 0 aliphatic carbocycles. The Balaban J connectivity index is 2.20. The van der Waals surface area contributed by atoms with Gasteiger partial charge in [0.25, 0.3) is 0 Å². The highest BCUT2D eigenvalue weighted by atomic mass is 16.3. The normalized spacial score (nSPS) is 12.7. The monoisotopic (exact) mass is 215 g/mol. The molecule has 1 heterocycles. The molecule has 0 radical (unpaired) electrons. The predicted octanol–water partition coefficient (Wildman–Crippen LogP) is 3.14. The fourth-order valence-corrected chi connectivity index (χ4v) is 1.93. The lowest BCUT2D eigenvalue weighted by atomic mass is 9.95. The van der Waals surface area contributed by atoms with Gasteiger partial charge in [0.2, 0.25) is 0 Å². The van der Waals surface area contributed by atoms with Crippen molar-refractivity contribution >= 4 is 0 Å². The maximum Gasteiger partial charge on any atom is 0.0935 e. The van der Waals surface area contributed by atoms with E-state index in [0.717, 1.165) is 12.0 Å². The summed E-state index contributed by atoms with van der Waals surface area (Å²) in [4.78, 5) is 0. The third-order valence-electron chi connectivity index (χ3n) is 2.87. The van der Waals surface area contributed by atoms with Crippen molar-refractivity contribution < 1.29 is 4.42 Å². The number of hydrogen-bond donors (Lipinski definition) is 1. The van der Waals surface area contributed by atoms with Gasteiger partial charge in [-0.05, 0) is 43.0 Å². The molecule has 84 valence electrons. The number of hydrogen-bond acceptors (Lipinski definition) is 2. The van der Waals surface area contributed by atoms with E-state index >= 15 is 0 Å². The minimum absolute atomic E-state index is 0.0394. The molecule has 0 fully saturated rings. The van der Waals surface area contributed by atoms with Crippen LogP contribution in [0.3, 0.4) is 0 Å². The molecule has 0 aliphatic rings. The lowest BCUT2D eigenvalue weighted by molar-refractivity contribution is 0.561. The van der Waals surface area contributed by atoms with Gasteiger partial charge in [-0.2, -0.15) is 0 Å². The number of aryl methyl sites for hydroxylation is 2. The first kappa shape index (κ1) is 11.0. The summed E-state index contributed by atoms with van der Waals surface area (Å²) in [6.07, 6.45) is 4.26. The second kappa shape index (κ2) is 4.54. The second-order valence-electron chi connectivity index (χ2n) is 4.30. The van der Waals surface area contributed by atoms with Crippen molar-refractivity contribution in [1.29, 1.82) is 0 Å². The van der Waals surface area contributed by atoms with Crippen LogP contribution in [0.5, 0.6) is 0 Å². The van der Waals surface area contributed by atoms with Gasteiger partial charge < -0.3 is 10.2 Å². The van der Waals surface area contributed by atoms with E-state index in [0.29, 0.717) is 0 Å². The van der Waals surface area contributed by atoms with Crippen LogP contribution in [0, 0.1) is 13.8 Å². The van der Waals surface area contributed by atoms with E-state index in [2.05, 4.69) is 32.0 Å². The van der Waals surface area contributed by atoms with E-state index in [-0.39, 0.29) is 6.04 Å². The van der Waals surface area contributed by atoms with Crippen molar-refractivity contribution in [2.45, 2.75) is 26.3 Å². The van der Waals surface area contributed by atoms with Crippen LogP contribution in [-0.4, -0.2) is 0 Å². The van der Waals surface area contributed by atoms with E-state index in [4.69, 9.17) is 10.2 Å². The summed E-state index contributed by atoms with van der Waals surface area (Å²) in [7, 11) is 0. The Morgan fingerprint density at radius 1 is 1.25 bits per heavy atom. The molecule has 2 rings (SSSR count). The van der Waals surface area contributed by atoms with Crippen LogP contribution in [0.25, 0.3) is 0 Å². The molecule has 16 heavy (non-hydrogen) atoms. The SMILES string of the molecule is Cc1ccc(C)c(C(N)Cc2ccoc2)c1. The predicted molar refractivity (Wildman–Crippen MR) is 65.3 cm³/mol. The third-order valence-corrected chi connectivity index (χ3v) is 2.87. The second-order valence-corrected chi connectivity index (χ2v) is 4.30. The van der Waals surface area contributed by atoms with Crippen molar-refractivity contribution in [2.75, 3.05) is 0 Å². The maximum absolute atomic E-state index is 6.21. The zero-order chi connectivity index (χ0) is 11.5. The molecule has 1 aromatic heterocycles. The highest BCUT2D eigenvalue weighted by Gasteiger charge is 2.10. The molecule has 2 nitrogen and oxygen atoms in total. The van der Waals surface area contributed by atoms with Gasteiger partial charge in [0.15, 0.2) is 0 Å². The molecule has 0 aliphatic heterocycles. The van der Waals surface area contributed by atoms with E-state index < -0.39 is 0 Å². The summed E-state index contributed by atoms with van der Waals surface area (Å²) in [5, 5.41) is 0. The minimum atomic E-state index is 0.0394. The highest BCUT2D eigenvalue weighted by Crippen LogP contribution is 2.21. The Morgan fingerprint density at radius 3 is 2.75 bits per heavy atom. The fraction of sp³-hybridized carbons (Fsp3) is 0.286. The van der Waals surface area contributed by atoms with Crippen LogP contribution in [0.4, 0.5) is 0 Å². The van der Waals surface area contributed by atoms with Crippen LogP contribution in [0.15, 0.2) is 41.2 Å². The Morgan fingerprint density at radius 2 is 2.06 bits per heavy atom. The van der Waals surface area contributed by atoms with Crippen molar-refractivity contribution in [3.63, 3.8) is 0 Å². The van der Waals surface area contributed by atoms with Crippen molar-refractivity contribution in [3.05, 3.63) is 59.0 Å². The smallest absolute Gasteiger partial charge is 0.0935 e. The molecule has 0 amide bonds. The van der Waals surface area contributed by atoms with E-state index in [1.807, 2.05) is 6.07 Å². The van der Waals surface area contributed by atoms with Crippen molar-refractivity contribution in [3.8, 4) is 0 Å². The van der Waals surface area contributed by atoms with Gasteiger partial charge in [0.1, 0.15) is 0 Å². The average Bonchev–Trinajstić information content (AvgIpc) is 2.74. The van der Waals surface area contributed by atoms with Gasteiger partial charge in [0, 0.05) is 6.04 Å². The Labute approximate surface area is 96.1 Å². The van der Waals surface area contributed by atoms with Gasteiger partial charge in [-0.15, -0.1) is 0 Å². The van der Waals surface area contributed by atoms with Crippen LogP contribution >= 0.6 is 0 Å². The largest absolute Gasteiger partial charge is 0.472 e. The fourth-order valence-electron chi connectivity index (χ4n) is 1.93. The van der Waals surface area contributed by atoms with E-state index in [1.54, 1.807) is 12.5 Å². The molecule has 1 aromatic carbocycles. The molecule has 2 aromatic rings. The summed E-state index contributed by atoms with van der Waals surface area (Å²) in [5.74, 6) is 0. The molecule has 2 N–H and O–H groups in total. The van der Waals surface area contributed by atoms with Gasteiger partial charge in [-0.25, -0.2) is 0 Å². The average molecular weight is 215 g/mol. The summed E-state index contributed by atoms with van der Waals surface area (Å²) in [6, 6.07) is 8.41. The Hall–Kier alpha value is -1.54. The topological polar surface area (TPSA) is 39.2 Å². The molecule has 0 saturated carbocycles. The lowest BCUT2D eigenvalue weighted by Crippen LogP contribution is -2.14. The van der Waals surface area contributed by atoms with Gasteiger partial charge in [0.05, 0.1) is 12.5 Å². The van der Waals surface area contributed by atoms with Crippen LogP contribution in [0.2, 0.25) is 0 Å². The highest BCUT2D eigenvalue weighted by molar-refractivity contribution is 5.33. The van der Waals surface area contributed by atoms with Crippen molar-refractivity contribution in [1.82, 2.24) is 0 Å². The van der Waals surface area contributed by atoms with Crippen LogP contribution < -0.4 is 5.73 Å². The summed E-state index contributed by atoms with van der Waals surface area (Å²) >= 11 is 0. The standard InChI is InChI=1S/C14H17NO/c1-10-3-4-11(2)13(7-10)14(15)8-12-5-6-16-9-12/h3-7,9,14H,8,15H2,1-2H3. The summed E-state index contributed by atoms with van der Waals surface area (Å²) < 4.78 is 5.05. The Kier molecular flexibility index (Phi) is 3.11. The molecule has 1 unspecified atom stereocenters. The molecular weight excluding hydrogens is 198 g/mol. The van der Waals surface area contributed by atoms with Crippen LogP contribution in [-0.2, 0) is 6.42 Å². The minimum Gasteiger partial charge on any atom is -0.472 e. The first-order valence-corrected chi connectivity index (χ1v) is 5.50. The van der Waals surface area contributed by atoms with Gasteiger partial charge in [-0.3, -0.25) is 0 Å². The number of benzene rings is 1. The zero-order valence-corrected chi connectivity index (χ0v) is 9.73. The van der Waals surface area contributed by atoms with E-state index in [1.165, 1.54) is 16.7 Å². The van der Waals surface area contributed by atoms with Gasteiger partial charge in [-0.1, -0.05) is 23.8 Å². The lowest BCUT2D eigenvalue weighted by Gasteiger charge is -2.14. The van der Waals surface area contributed by atoms with Gasteiger partial charge >= 0.3 is 0 Å². The van der Waals surface area contributed by atoms with Crippen LogP contribution in [0.1, 0.15) is 28.3 Å². The number of nitrogens with two attached hydrogens (primary N) is 1. The molecule has 0 bridgehead atoms. The molecule has 2 heteroatoms. The third kappa shape index (κ3) is 2.34. The molecule has 1 atom stereocenters. The molecule has 0 saturated heterocycles. The first-order valence-electron chi connectivity index (χ1n) is 5.50. The Bertz CT molecular complexity index is 460. The zero-order valence-electron chi connectivity index (χ0n) is 9.73. The van der Waals surface area contributed by atoms with Crippen molar-refractivity contribution in [2.24, 2.45) is 5.73 Å². The molecular formula is C14H17NO. The number of rotatable bonds is 3. The summed E-state index contributed by atoms with van der Waals surface area (Å²) in [5.41, 5.74) is 11.1. The first-order chi connectivity index (χ1) is 7.66. The van der Waals surface area contributed by atoms with E-state index in [9.17, 15) is 0 Å². The quantitative estimate of drug-likeness (QED) is 0.854. The number of furan rings is 1. The summed E-state index contributed by atoms with van der Waals surface area (Å²) in [6.45, 7) is 4.19. The molecule has 0 spiro atoms.